The second kappa shape index (κ2) is 3.66. The molecule has 0 radical (unpaired) electrons. The average molecular weight is 180 g/mol. The zero-order chi connectivity index (χ0) is 9.10. The molecule has 1 aromatic rings. The minimum absolute atomic E-state index is 0.107. The number of hydrogen-bond acceptors (Lipinski definition) is 3. The lowest BCUT2D eigenvalue weighted by Gasteiger charge is -2.12. The van der Waals surface area contributed by atoms with Crippen LogP contribution in [0.4, 0.5) is 0 Å². The standard InChI is InChI=1S/C10H12O3/c11-8-3-5-9(6-4-8)13-10-2-1-7-12-10/h3-6,10-11H,1-2,7H2/t10-/m0/s1. The third-order valence-corrected chi connectivity index (χ3v) is 1.99. The van der Waals surface area contributed by atoms with Gasteiger partial charge in [-0.2, -0.15) is 0 Å². The van der Waals surface area contributed by atoms with Crippen LogP contribution in [0.5, 0.6) is 11.5 Å². The van der Waals surface area contributed by atoms with E-state index in [2.05, 4.69) is 0 Å². The van der Waals surface area contributed by atoms with Crippen molar-refractivity contribution in [2.75, 3.05) is 6.61 Å². The zero-order valence-corrected chi connectivity index (χ0v) is 7.27. The fourth-order valence-corrected chi connectivity index (χ4v) is 1.32. The van der Waals surface area contributed by atoms with Crippen LogP contribution < -0.4 is 4.74 Å². The first-order valence-electron chi connectivity index (χ1n) is 4.42. The van der Waals surface area contributed by atoms with Crippen molar-refractivity contribution in [3.8, 4) is 11.5 Å². The van der Waals surface area contributed by atoms with Crippen molar-refractivity contribution in [3.63, 3.8) is 0 Å². The lowest BCUT2D eigenvalue weighted by atomic mass is 10.3. The van der Waals surface area contributed by atoms with Gasteiger partial charge in [0, 0.05) is 6.42 Å². The van der Waals surface area contributed by atoms with Gasteiger partial charge in [-0.1, -0.05) is 0 Å². The van der Waals surface area contributed by atoms with Crippen LogP contribution in [0.15, 0.2) is 24.3 Å². The summed E-state index contributed by atoms with van der Waals surface area (Å²) in [4.78, 5) is 0. The number of phenols is 1. The molecule has 1 saturated heterocycles. The average Bonchev–Trinajstić information content (AvgIpc) is 2.62. The number of benzene rings is 1. The van der Waals surface area contributed by atoms with E-state index in [0.29, 0.717) is 0 Å². The maximum absolute atomic E-state index is 9.03. The van der Waals surface area contributed by atoms with Crippen LogP contribution >= 0.6 is 0 Å². The van der Waals surface area contributed by atoms with E-state index < -0.39 is 0 Å². The molecule has 1 fully saturated rings. The first kappa shape index (κ1) is 8.38. The molecule has 1 heterocycles. The van der Waals surface area contributed by atoms with Gasteiger partial charge < -0.3 is 14.6 Å². The minimum atomic E-state index is -0.107. The van der Waals surface area contributed by atoms with E-state index in [-0.39, 0.29) is 12.0 Å². The lowest BCUT2D eigenvalue weighted by Crippen LogP contribution is -2.13. The molecule has 70 valence electrons. The van der Waals surface area contributed by atoms with Crippen molar-refractivity contribution >= 4 is 0 Å². The molecule has 1 aliphatic heterocycles. The van der Waals surface area contributed by atoms with Crippen molar-refractivity contribution in [2.24, 2.45) is 0 Å². The monoisotopic (exact) mass is 180 g/mol. The zero-order valence-electron chi connectivity index (χ0n) is 7.27. The van der Waals surface area contributed by atoms with Gasteiger partial charge in [0.05, 0.1) is 6.61 Å². The molecular weight excluding hydrogens is 168 g/mol. The third-order valence-electron chi connectivity index (χ3n) is 1.99. The number of hydrogen-bond donors (Lipinski definition) is 1. The molecule has 0 aromatic heterocycles. The highest BCUT2D eigenvalue weighted by Crippen LogP contribution is 2.21. The van der Waals surface area contributed by atoms with E-state index in [1.54, 1.807) is 24.3 Å². The molecule has 0 unspecified atom stereocenters. The van der Waals surface area contributed by atoms with Crippen LogP contribution in [0.25, 0.3) is 0 Å². The van der Waals surface area contributed by atoms with Crippen LogP contribution in [-0.2, 0) is 4.74 Å². The molecule has 1 aliphatic rings. The lowest BCUT2D eigenvalue weighted by molar-refractivity contribution is -0.0390. The van der Waals surface area contributed by atoms with Gasteiger partial charge in [-0.05, 0) is 30.7 Å². The SMILES string of the molecule is Oc1ccc(O[C@H]2CCCO2)cc1. The van der Waals surface area contributed by atoms with E-state index in [0.717, 1.165) is 25.2 Å². The maximum Gasteiger partial charge on any atom is 0.199 e. The summed E-state index contributed by atoms with van der Waals surface area (Å²) in [6, 6.07) is 6.67. The highest BCUT2D eigenvalue weighted by atomic mass is 16.7. The van der Waals surface area contributed by atoms with Gasteiger partial charge in [-0.15, -0.1) is 0 Å². The third kappa shape index (κ3) is 2.12. The summed E-state index contributed by atoms with van der Waals surface area (Å²) in [5.41, 5.74) is 0. The Bertz CT molecular complexity index is 262. The van der Waals surface area contributed by atoms with Crippen molar-refractivity contribution in [2.45, 2.75) is 19.1 Å². The molecular formula is C10H12O3. The van der Waals surface area contributed by atoms with Crippen molar-refractivity contribution in [3.05, 3.63) is 24.3 Å². The molecule has 1 atom stereocenters. The minimum Gasteiger partial charge on any atom is -0.508 e. The summed E-state index contributed by atoms with van der Waals surface area (Å²) >= 11 is 0. The number of ether oxygens (including phenoxy) is 2. The van der Waals surface area contributed by atoms with Crippen molar-refractivity contribution in [1.82, 2.24) is 0 Å². The summed E-state index contributed by atoms with van der Waals surface area (Å²) in [6.07, 6.45) is 1.90. The molecule has 0 spiro atoms. The Labute approximate surface area is 76.9 Å². The molecule has 0 saturated carbocycles. The smallest absolute Gasteiger partial charge is 0.199 e. The summed E-state index contributed by atoms with van der Waals surface area (Å²) in [6.45, 7) is 0.781. The molecule has 0 aliphatic carbocycles. The summed E-state index contributed by atoms with van der Waals surface area (Å²) in [7, 11) is 0. The molecule has 3 nitrogen and oxygen atoms in total. The van der Waals surface area contributed by atoms with E-state index in [9.17, 15) is 0 Å². The van der Waals surface area contributed by atoms with Gasteiger partial charge in [-0.3, -0.25) is 0 Å². The fraction of sp³-hybridized carbons (Fsp3) is 0.400. The summed E-state index contributed by atoms with van der Waals surface area (Å²) < 4.78 is 10.8. The summed E-state index contributed by atoms with van der Waals surface area (Å²) in [5.74, 6) is 0.990. The Morgan fingerprint density at radius 1 is 1.31 bits per heavy atom. The predicted molar refractivity (Wildman–Crippen MR) is 47.7 cm³/mol. The van der Waals surface area contributed by atoms with Gasteiger partial charge >= 0.3 is 0 Å². The number of phenolic OH excluding ortho intramolecular Hbond substituents is 1. The largest absolute Gasteiger partial charge is 0.508 e. The van der Waals surface area contributed by atoms with Gasteiger partial charge in [0.1, 0.15) is 11.5 Å². The topological polar surface area (TPSA) is 38.7 Å². The van der Waals surface area contributed by atoms with Crippen LogP contribution in [0.1, 0.15) is 12.8 Å². The molecule has 3 heteroatoms. The predicted octanol–water partition coefficient (Wildman–Crippen LogP) is 1.91. The van der Waals surface area contributed by atoms with Crippen molar-refractivity contribution in [1.29, 1.82) is 0 Å². The Morgan fingerprint density at radius 2 is 2.08 bits per heavy atom. The molecule has 1 N–H and O–H groups in total. The molecule has 13 heavy (non-hydrogen) atoms. The van der Waals surface area contributed by atoms with Crippen LogP contribution in [0.3, 0.4) is 0 Å². The second-order valence-electron chi connectivity index (χ2n) is 3.05. The highest BCUT2D eigenvalue weighted by molar-refractivity contribution is 5.30. The van der Waals surface area contributed by atoms with Crippen LogP contribution in [0.2, 0.25) is 0 Å². The molecule has 2 rings (SSSR count). The van der Waals surface area contributed by atoms with Crippen LogP contribution in [-0.4, -0.2) is 18.0 Å². The van der Waals surface area contributed by atoms with E-state index in [1.165, 1.54) is 0 Å². The Morgan fingerprint density at radius 3 is 2.69 bits per heavy atom. The Hall–Kier alpha value is -1.22. The Balaban J connectivity index is 1.97. The summed E-state index contributed by atoms with van der Waals surface area (Å²) in [5, 5.41) is 9.03. The van der Waals surface area contributed by atoms with E-state index in [1.807, 2.05) is 0 Å². The first-order valence-corrected chi connectivity index (χ1v) is 4.42. The van der Waals surface area contributed by atoms with E-state index >= 15 is 0 Å². The van der Waals surface area contributed by atoms with Gasteiger partial charge in [0.15, 0.2) is 6.29 Å². The first-order chi connectivity index (χ1) is 6.34. The van der Waals surface area contributed by atoms with Gasteiger partial charge in [-0.25, -0.2) is 0 Å². The fourth-order valence-electron chi connectivity index (χ4n) is 1.32. The number of rotatable bonds is 2. The second-order valence-corrected chi connectivity index (χ2v) is 3.05. The Kier molecular flexibility index (Phi) is 2.36. The van der Waals surface area contributed by atoms with Gasteiger partial charge in [0.2, 0.25) is 0 Å². The molecule has 0 amide bonds. The highest BCUT2D eigenvalue weighted by Gasteiger charge is 2.16. The molecule has 1 aromatic carbocycles. The quantitative estimate of drug-likeness (QED) is 0.755. The van der Waals surface area contributed by atoms with E-state index in [4.69, 9.17) is 14.6 Å². The normalized spacial score (nSPS) is 21.7. The van der Waals surface area contributed by atoms with Crippen LogP contribution in [0, 0.1) is 0 Å². The maximum atomic E-state index is 9.03. The van der Waals surface area contributed by atoms with Crippen molar-refractivity contribution < 1.29 is 14.6 Å². The van der Waals surface area contributed by atoms with Gasteiger partial charge in [0.25, 0.3) is 0 Å². The number of aromatic hydroxyl groups is 1. The molecule has 0 bridgehead atoms.